The van der Waals surface area contributed by atoms with E-state index in [0.29, 0.717) is 12.8 Å². The van der Waals surface area contributed by atoms with Gasteiger partial charge in [-0.05, 0) is 18.9 Å². The van der Waals surface area contributed by atoms with Crippen molar-refractivity contribution in [2.45, 2.75) is 31.2 Å². The van der Waals surface area contributed by atoms with Crippen LogP contribution in [0.1, 0.15) is 31.2 Å². The molecule has 0 heterocycles. The largest absolute Gasteiger partial charge is 0.235 e. The van der Waals surface area contributed by atoms with E-state index in [2.05, 4.69) is 4.99 Å². The molecule has 1 saturated carbocycles. The first kappa shape index (κ1) is 12.2. The molecule has 17 heavy (non-hydrogen) atoms. The first-order valence-corrected chi connectivity index (χ1v) is 5.71. The zero-order valence-corrected chi connectivity index (χ0v) is 9.73. The highest BCUT2D eigenvalue weighted by Gasteiger charge is 2.38. The van der Waals surface area contributed by atoms with Crippen molar-refractivity contribution in [3.8, 4) is 0 Å². The first-order valence-electron chi connectivity index (χ1n) is 5.34. The van der Waals surface area contributed by atoms with Gasteiger partial charge in [-0.15, -0.1) is 0 Å². The van der Waals surface area contributed by atoms with Gasteiger partial charge in [0.1, 0.15) is 22.2 Å². The molecule has 5 heteroatoms. The third kappa shape index (κ3) is 1.99. The molecule has 0 N–H and O–H groups in total. The Balaban J connectivity index is 2.58. The molecular formula is C12H10ClF2NO. The van der Waals surface area contributed by atoms with Crippen molar-refractivity contribution in [2.24, 2.45) is 4.99 Å². The van der Waals surface area contributed by atoms with E-state index in [0.717, 1.165) is 18.9 Å². The molecule has 2 nitrogen and oxygen atoms in total. The highest BCUT2D eigenvalue weighted by Crippen LogP contribution is 2.44. The van der Waals surface area contributed by atoms with E-state index < -0.39 is 22.2 Å². The Morgan fingerprint density at radius 2 is 1.94 bits per heavy atom. The quantitative estimate of drug-likeness (QED) is 0.451. The number of rotatable bonds is 2. The molecule has 1 aromatic rings. The highest BCUT2D eigenvalue weighted by atomic mass is 35.5. The van der Waals surface area contributed by atoms with Crippen LogP contribution in [0.15, 0.2) is 17.1 Å². The molecule has 0 aromatic heterocycles. The van der Waals surface area contributed by atoms with E-state index in [1.54, 1.807) is 0 Å². The van der Waals surface area contributed by atoms with Gasteiger partial charge in [0.05, 0.1) is 0 Å². The number of hydrogen-bond donors (Lipinski definition) is 0. The second-order valence-electron chi connectivity index (χ2n) is 4.16. The summed E-state index contributed by atoms with van der Waals surface area (Å²) in [6, 6.07) is 2.41. The van der Waals surface area contributed by atoms with E-state index in [9.17, 15) is 13.6 Å². The van der Waals surface area contributed by atoms with E-state index in [1.807, 2.05) is 0 Å². The molecule has 1 aromatic carbocycles. The van der Waals surface area contributed by atoms with Crippen LogP contribution in [0.3, 0.4) is 0 Å². The van der Waals surface area contributed by atoms with Gasteiger partial charge < -0.3 is 0 Å². The molecule has 0 spiro atoms. The Morgan fingerprint density at radius 1 is 1.29 bits per heavy atom. The van der Waals surface area contributed by atoms with Gasteiger partial charge >= 0.3 is 0 Å². The molecule has 0 bridgehead atoms. The third-order valence-electron chi connectivity index (χ3n) is 3.23. The number of benzene rings is 1. The Bertz CT molecular complexity index is 492. The first-order chi connectivity index (χ1) is 8.10. The van der Waals surface area contributed by atoms with Crippen LogP contribution in [0.25, 0.3) is 0 Å². The van der Waals surface area contributed by atoms with E-state index in [4.69, 9.17) is 11.6 Å². The van der Waals surface area contributed by atoms with Crippen molar-refractivity contribution in [1.29, 1.82) is 0 Å². The van der Waals surface area contributed by atoms with Crippen molar-refractivity contribution in [1.82, 2.24) is 0 Å². The Morgan fingerprint density at radius 3 is 2.53 bits per heavy atom. The Hall–Kier alpha value is -1.25. The van der Waals surface area contributed by atoms with Crippen molar-refractivity contribution < 1.29 is 13.6 Å². The summed E-state index contributed by atoms with van der Waals surface area (Å²) in [6.07, 6.45) is 4.29. The number of aliphatic imine (C=N–C) groups is 1. The van der Waals surface area contributed by atoms with Gasteiger partial charge in [-0.3, -0.25) is 0 Å². The van der Waals surface area contributed by atoms with Crippen LogP contribution < -0.4 is 0 Å². The molecule has 1 aliphatic rings. The van der Waals surface area contributed by atoms with Crippen LogP contribution in [-0.4, -0.2) is 6.08 Å². The second kappa shape index (κ2) is 4.55. The second-order valence-corrected chi connectivity index (χ2v) is 4.54. The molecular weight excluding hydrogens is 248 g/mol. The van der Waals surface area contributed by atoms with E-state index >= 15 is 0 Å². The number of carbonyl (C=O) groups excluding carboxylic acids is 1. The molecule has 90 valence electrons. The van der Waals surface area contributed by atoms with Crippen LogP contribution in [-0.2, 0) is 10.3 Å². The lowest BCUT2D eigenvalue weighted by Gasteiger charge is -2.23. The fourth-order valence-electron chi connectivity index (χ4n) is 2.37. The van der Waals surface area contributed by atoms with Gasteiger partial charge in [0.25, 0.3) is 0 Å². The van der Waals surface area contributed by atoms with Crippen LogP contribution >= 0.6 is 11.6 Å². The lowest BCUT2D eigenvalue weighted by Crippen LogP contribution is -2.21. The maximum Gasteiger partial charge on any atom is 0.235 e. The predicted molar refractivity (Wildman–Crippen MR) is 59.6 cm³/mol. The van der Waals surface area contributed by atoms with Gasteiger partial charge in [0.15, 0.2) is 0 Å². The molecule has 0 amide bonds. The summed E-state index contributed by atoms with van der Waals surface area (Å²) < 4.78 is 27.0. The van der Waals surface area contributed by atoms with Crippen LogP contribution in [0.2, 0.25) is 5.02 Å². The minimum Gasteiger partial charge on any atom is -0.211 e. The maximum atomic E-state index is 13.9. The third-order valence-corrected chi connectivity index (χ3v) is 3.57. The summed E-state index contributed by atoms with van der Waals surface area (Å²) in [6.45, 7) is 0. The SMILES string of the molecule is O=C=NC1(c2ccc(F)c(Cl)c2F)CCCC1. The summed E-state index contributed by atoms with van der Waals surface area (Å²) in [5.74, 6) is -1.64. The molecule has 0 aliphatic heterocycles. The lowest BCUT2D eigenvalue weighted by molar-refractivity contribution is 0.428. The van der Waals surface area contributed by atoms with Crippen LogP contribution in [0.4, 0.5) is 8.78 Å². The number of hydrogen-bond acceptors (Lipinski definition) is 2. The molecule has 0 atom stereocenters. The minimum atomic E-state index is -0.914. The average molecular weight is 258 g/mol. The highest BCUT2D eigenvalue weighted by molar-refractivity contribution is 6.31. The topological polar surface area (TPSA) is 29.4 Å². The standard InChI is InChI=1S/C12H10ClF2NO/c13-10-9(14)4-3-8(11(10)15)12(16-7-17)5-1-2-6-12/h3-4H,1-2,5-6H2. The van der Waals surface area contributed by atoms with E-state index in [1.165, 1.54) is 12.1 Å². The molecule has 1 aliphatic carbocycles. The maximum absolute atomic E-state index is 13.9. The minimum absolute atomic E-state index is 0.185. The molecule has 1 fully saturated rings. The lowest BCUT2D eigenvalue weighted by atomic mass is 9.88. The van der Waals surface area contributed by atoms with Crippen molar-refractivity contribution in [3.63, 3.8) is 0 Å². The van der Waals surface area contributed by atoms with Gasteiger partial charge in [-0.1, -0.05) is 30.5 Å². The molecule has 2 rings (SSSR count). The Labute approximate surface area is 102 Å². The van der Waals surface area contributed by atoms with Crippen LogP contribution in [0.5, 0.6) is 0 Å². The summed E-state index contributed by atoms with van der Waals surface area (Å²) in [5, 5.41) is -0.546. The van der Waals surface area contributed by atoms with Crippen LogP contribution in [0, 0.1) is 11.6 Å². The monoisotopic (exact) mass is 257 g/mol. The smallest absolute Gasteiger partial charge is 0.211 e. The summed E-state index contributed by atoms with van der Waals surface area (Å²) in [4.78, 5) is 14.2. The van der Waals surface area contributed by atoms with Crippen molar-refractivity contribution in [3.05, 3.63) is 34.4 Å². The van der Waals surface area contributed by atoms with Gasteiger partial charge in [0, 0.05) is 5.56 Å². The number of nitrogens with zero attached hydrogens (tertiary/aromatic N) is 1. The number of isocyanates is 1. The zero-order valence-electron chi connectivity index (χ0n) is 8.97. The molecule has 0 unspecified atom stereocenters. The van der Waals surface area contributed by atoms with Gasteiger partial charge in [-0.2, -0.15) is 4.99 Å². The summed E-state index contributed by atoms with van der Waals surface area (Å²) in [7, 11) is 0. The fraction of sp³-hybridized carbons (Fsp3) is 0.417. The zero-order chi connectivity index (χ0) is 12.5. The van der Waals surface area contributed by atoms with Crippen molar-refractivity contribution >= 4 is 17.7 Å². The predicted octanol–water partition coefficient (Wildman–Crippen LogP) is 3.72. The van der Waals surface area contributed by atoms with Crippen molar-refractivity contribution in [2.75, 3.05) is 0 Å². The normalized spacial score (nSPS) is 17.8. The summed E-state index contributed by atoms with van der Waals surface area (Å²) >= 11 is 5.53. The van der Waals surface area contributed by atoms with E-state index in [-0.39, 0.29) is 5.56 Å². The number of halogens is 3. The molecule has 0 saturated heterocycles. The summed E-state index contributed by atoms with van der Waals surface area (Å²) in [5.41, 5.74) is -0.729. The Kier molecular flexibility index (Phi) is 3.27. The average Bonchev–Trinajstić information content (AvgIpc) is 2.76. The van der Waals surface area contributed by atoms with Gasteiger partial charge in [0.2, 0.25) is 6.08 Å². The fourth-order valence-corrected chi connectivity index (χ4v) is 2.54. The molecule has 0 radical (unpaired) electrons. The van der Waals surface area contributed by atoms with Gasteiger partial charge in [-0.25, -0.2) is 13.6 Å².